The van der Waals surface area contributed by atoms with E-state index in [2.05, 4.69) is 84.6 Å². The molecule has 3 heterocycles. The van der Waals surface area contributed by atoms with Crippen LogP contribution in [0.1, 0.15) is 108 Å². The summed E-state index contributed by atoms with van der Waals surface area (Å²) in [5.74, 6) is -0.249. The Balaban J connectivity index is 1.42. The van der Waals surface area contributed by atoms with E-state index in [9.17, 15) is 15.8 Å². The van der Waals surface area contributed by atoms with E-state index in [0.29, 0.717) is 12.3 Å². The zero-order valence-electron chi connectivity index (χ0n) is 32.4. The maximum Gasteiger partial charge on any atom is 0.437 e. The van der Waals surface area contributed by atoms with Gasteiger partial charge in [0.2, 0.25) is 0 Å². The molecule has 3 aliphatic heterocycles. The van der Waals surface area contributed by atoms with Crippen molar-refractivity contribution in [1.82, 2.24) is 0 Å². The maximum absolute atomic E-state index is 15.2. The van der Waals surface area contributed by atoms with Gasteiger partial charge in [-0.05, 0) is 103 Å². The summed E-state index contributed by atoms with van der Waals surface area (Å²) in [5, 5.41) is 29.2. The normalized spacial score (nSPS) is 24.9. The van der Waals surface area contributed by atoms with Gasteiger partial charge in [-0.1, -0.05) is 101 Å². The van der Waals surface area contributed by atoms with Crippen molar-refractivity contribution in [2.45, 2.75) is 110 Å². The number of ether oxygens (including phenoxy) is 1. The molecule has 6 rings (SSSR count). The highest BCUT2D eigenvalue weighted by atomic mass is 19.4. The molecular weight excluding hydrogens is 682 g/mol. The van der Waals surface area contributed by atoms with Crippen molar-refractivity contribution in [2.24, 2.45) is 5.41 Å². The number of allylic oxidation sites excluding steroid dienone is 8. The molecule has 0 radical (unpaired) electrons. The second-order valence-electron chi connectivity index (χ2n) is 17.3. The summed E-state index contributed by atoms with van der Waals surface area (Å²) >= 11 is 0. The summed E-state index contributed by atoms with van der Waals surface area (Å²) in [6.07, 6.45) is 9.66. The Morgan fingerprint density at radius 1 is 0.963 bits per heavy atom. The highest BCUT2D eigenvalue weighted by Gasteiger charge is 2.65. The highest BCUT2D eigenvalue weighted by molar-refractivity contribution is 5.75. The molecule has 0 bridgehead atoms. The summed E-state index contributed by atoms with van der Waals surface area (Å²) in [5.41, 5.74) is 3.79. The van der Waals surface area contributed by atoms with Gasteiger partial charge in [-0.3, -0.25) is 0 Å². The number of anilines is 1. The second kappa shape index (κ2) is 13.5. The Hall–Kier alpha value is -5.26. The molecule has 1 aliphatic carbocycles. The van der Waals surface area contributed by atoms with E-state index in [0.717, 1.165) is 37.0 Å². The van der Waals surface area contributed by atoms with E-state index in [-0.39, 0.29) is 21.9 Å². The predicted octanol–water partition coefficient (Wildman–Crippen LogP) is 11.6. The minimum atomic E-state index is -5.04. The van der Waals surface area contributed by atoms with Crippen molar-refractivity contribution in [3.05, 3.63) is 128 Å². The molecule has 8 heteroatoms. The molecule has 0 amide bonds. The summed E-state index contributed by atoms with van der Waals surface area (Å²) in [4.78, 5) is 2.63. The largest absolute Gasteiger partial charge is 0.465 e. The lowest BCUT2D eigenvalue weighted by Gasteiger charge is -2.54. The van der Waals surface area contributed by atoms with Gasteiger partial charge < -0.3 is 9.64 Å². The molecule has 0 spiro atoms. The minimum Gasteiger partial charge on any atom is -0.465 e. The van der Waals surface area contributed by atoms with Crippen LogP contribution in [-0.2, 0) is 15.8 Å². The SMILES string of the molecule is Cc1c(/C=C/C2=CC(=C/C=C/C3=C(C#N)C(=C(C#N)C#N)OC3(c3ccccc3)C(F)(F)F)/CC(C)(C)C2)cc2c3c1C(C)(C)CCN3C(C)(C)CC2C. The van der Waals surface area contributed by atoms with Gasteiger partial charge in [0.1, 0.15) is 23.8 Å². The van der Waals surface area contributed by atoms with Crippen molar-refractivity contribution in [2.75, 3.05) is 11.4 Å². The van der Waals surface area contributed by atoms with Gasteiger partial charge in [0.05, 0.1) is 0 Å². The number of alkyl halides is 3. The van der Waals surface area contributed by atoms with Crippen LogP contribution in [0, 0.1) is 46.3 Å². The van der Waals surface area contributed by atoms with Gasteiger partial charge in [0.25, 0.3) is 5.60 Å². The third-order valence-corrected chi connectivity index (χ3v) is 11.7. The molecule has 2 unspecified atom stereocenters. The first kappa shape index (κ1) is 38.5. The molecule has 4 aliphatic rings. The zero-order valence-corrected chi connectivity index (χ0v) is 32.4. The standard InChI is InChI=1S/C46H47F3N4O/c1-29-23-44(7,8)53-20-19-43(5,6)39-30(2)33(22-36(29)40(39)53)18-17-32-21-31(24-42(3,4)25-32)13-12-16-38-37(28-52)41(34(26-50)27-51)54-45(38,46(47,48)49)35-14-10-9-11-15-35/h9-18,21-22,29H,19-20,23-25H2,1-8H3/b16-12+,18-17+,31-13-. The number of hydrogen-bond donors (Lipinski definition) is 0. The molecule has 2 aromatic carbocycles. The number of hydrogen-bond acceptors (Lipinski definition) is 5. The Kier molecular flexibility index (Phi) is 9.65. The quantitative estimate of drug-likeness (QED) is 0.286. The molecule has 0 saturated heterocycles. The zero-order chi connectivity index (χ0) is 39.4. The first-order valence-electron chi connectivity index (χ1n) is 18.5. The average Bonchev–Trinajstić information content (AvgIpc) is 3.42. The molecule has 5 nitrogen and oxygen atoms in total. The third kappa shape index (κ3) is 6.49. The Bertz CT molecular complexity index is 2190. The Labute approximate surface area is 317 Å². The van der Waals surface area contributed by atoms with E-state index in [4.69, 9.17) is 4.74 Å². The van der Waals surface area contributed by atoms with E-state index in [1.54, 1.807) is 30.4 Å². The average molecular weight is 729 g/mol. The van der Waals surface area contributed by atoms with Gasteiger partial charge >= 0.3 is 6.18 Å². The molecule has 2 atom stereocenters. The first-order valence-corrected chi connectivity index (χ1v) is 18.5. The maximum atomic E-state index is 15.2. The van der Waals surface area contributed by atoms with E-state index < -0.39 is 34.3 Å². The van der Waals surface area contributed by atoms with Crippen LogP contribution in [0.4, 0.5) is 18.9 Å². The molecular formula is C46H47F3N4O. The number of benzene rings is 2. The lowest BCUT2D eigenvalue weighted by atomic mass is 9.68. The van der Waals surface area contributed by atoms with Crippen LogP contribution in [-0.4, -0.2) is 18.3 Å². The van der Waals surface area contributed by atoms with Crippen molar-refractivity contribution in [3.63, 3.8) is 0 Å². The lowest BCUT2D eigenvalue weighted by Crippen LogP contribution is -2.53. The van der Waals surface area contributed by atoms with Gasteiger partial charge in [-0.15, -0.1) is 0 Å². The number of nitriles is 3. The number of rotatable bonds is 5. The molecule has 278 valence electrons. The van der Waals surface area contributed by atoms with Crippen LogP contribution in [0.3, 0.4) is 0 Å². The monoisotopic (exact) mass is 728 g/mol. The van der Waals surface area contributed by atoms with Crippen molar-refractivity contribution >= 4 is 11.8 Å². The molecule has 54 heavy (non-hydrogen) atoms. The number of halogens is 3. The lowest BCUT2D eigenvalue weighted by molar-refractivity contribution is -0.249. The molecule has 0 saturated carbocycles. The summed E-state index contributed by atoms with van der Waals surface area (Å²) < 4.78 is 51.2. The van der Waals surface area contributed by atoms with E-state index in [1.807, 2.05) is 0 Å². The van der Waals surface area contributed by atoms with Crippen molar-refractivity contribution in [3.8, 4) is 18.2 Å². The van der Waals surface area contributed by atoms with Crippen molar-refractivity contribution in [1.29, 1.82) is 15.8 Å². The van der Waals surface area contributed by atoms with Crippen LogP contribution >= 0.6 is 0 Å². The fourth-order valence-electron chi connectivity index (χ4n) is 9.30. The van der Waals surface area contributed by atoms with Crippen LogP contribution in [0.15, 0.2) is 100 Å². The predicted molar refractivity (Wildman–Crippen MR) is 207 cm³/mol. The van der Waals surface area contributed by atoms with Crippen LogP contribution in [0.25, 0.3) is 6.08 Å². The summed E-state index contributed by atoms with van der Waals surface area (Å²) in [6, 6.07) is 14.4. The Morgan fingerprint density at radius 2 is 1.65 bits per heavy atom. The fraction of sp³-hybridized carbons (Fsp3) is 0.413. The minimum absolute atomic E-state index is 0.0484. The Morgan fingerprint density at radius 3 is 2.28 bits per heavy atom. The van der Waals surface area contributed by atoms with E-state index in [1.165, 1.54) is 64.4 Å². The first-order chi connectivity index (χ1) is 25.3. The van der Waals surface area contributed by atoms with Gasteiger partial charge in [0, 0.05) is 28.9 Å². The fourth-order valence-corrected chi connectivity index (χ4v) is 9.30. The molecule has 0 fully saturated rings. The van der Waals surface area contributed by atoms with Gasteiger partial charge in [-0.2, -0.15) is 29.0 Å². The van der Waals surface area contributed by atoms with E-state index >= 15 is 13.2 Å². The molecule has 0 aromatic heterocycles. The topological polar surface area (TPSA) is 83.8 Å². The highest BCUT2D eigenvalue weighted by Crippen LogP contribution is 2.56. The van der Waals surface area contributed by atoms with Crippen LogP contribution < -0.4 is 4.90 Å². The van der Waals surface area contributed by atoms with Gasteiger partial charge in [0.15, 0.2) is 11.3 Å². The number of nitrogens with zero attached hydrogens (tertiary/aromatic N) is 4. The van der Waals surface area contributed by atoms with Crippen LogP contribution in [0.2, 0.25) is 0 Å². The van der Waals surface area contributed by atoms with Gasteiger partial charge in [-0.25, -0.2) is 0 Å². The summed E-state index contributed by atoms with van der Waals surface area (Å²) in [6.45, 7) is 19.4. The third-order valence-electron chi connectivity index (χ3n) is 11.7. The van der Waals surface area contributed by atoms with Crippen LogP contribution in [0.5, 0.6) is 0 Å². The smallest absolute Gasteiger partial charge is 0.437 e. The molecule has 2 aromatic rings. The summed E-state index contributed by atoms with van der Waals surface area (Å²) in [7, 11) is 0. The molecule has 0 N–H and O–H groups in total. The van der Waals surface area contributed by atoms with Crippen molar-refractivity contribution < 1.29 is 17.9 Å². The second-order valence-corrected chi connectivity index (χ2v) is 17.3.